The van der Waals surface area contributed by atoms with Gasteiger partial charge in [0.15, 0.2) is 0 Å². The summed E-state index contributed by atoms with van der Waals surface area (Å²) in [7, 11) is -3.52. The van der Waals surface area contributed by atoms with Gasteiger partial charge in [0, 0.05) is 6.04 Å². The molecule has 1 N–H and O–H groups in total. The first-order chi connectivity index (χ1) is 9.06. The predicted molar refractivity (Wildman–Crippen MR) is 70.3 cm³/mol. The minimum absolute atomic E-state index is 0.0477. The summed E-state index contributed by atoms with van der Waals surface area (Å²) >= 11 is 0. The van der Waals surface area contributed by atoms with Crippen LogP contribution in [0.2, 0.25) is 0 Å². The normalized spacial score (nSPS) is 14.9. The first-order valence-corrected chi connectivity index (χ1v) is 7.74. The average Bonchev–Trinajstić information content (AvgIpc) is 3.19. The lowest BCUT2D eigenvalue weighted by Crippen LogP contribution is -2.25. The first kappa shape index (κ1) is 13.8. The van der Waals surface area contributed by atoms with Gasteiger partial charge in [0.2, 0.25) is 10.0 Å². The standard InChI is InChI=1S/C13H16N2O3S/c1-2-7-18-13-6-5-12(8-10(13)9-14)19(16,17)15-11-3-4-11/h5-6,8,11,15H,2-4,7H2,1H3. The van der Waals surface area contributed by atoms with Gasteiger partial charge in [-0.3, -0.25) is 0 Å². The van der Waals surface area contributed by atoms with Crippen LogP contribution in [0, 0.1) is 11.3 Å². The number of nitrogens with zero attached hydrogens (tertiary/aromatic N) is 1. The van der Waals surface area contributed by atoms with Gasteiger partial charge in [0.25, 0.3) is 0 Å². The molecule has 0 aromatic heterocycles. The van der Waals surface area contributed by atoms with E-state index in [0.717, 1.165) is 19.3 Å². The SMILES string of the molecule is CCCOc1ccc(S(=O)(=O)NC2CC2)cc1C#N. The van der Waals surface area contributed by atoms with Crippen LogP contribution in [0.4, 0.5) is 0 Å². The summed E-state index contributed by atoms with van der Waals surface area (Å²) < 4.78 is 32.0. The highest BCUT2D eigenvalue weighted by Gasteiger charge is 2.28. The first-order valence-electron chi connectivity index (χ1n) is 6.26. The maximum atomic E-state index is 12.0. The summed E-state index contributed by atoms with van der Waals surface area (Å²) in [6.45, 7) is 2.46. The fourth-order valence-corrected chi connectivity index (χ4v) is 2.92. The van der Waals surface area contributed by atoms with Crippen molar-refractivity contribution in [2.24, 2.45) is 0 Å². The molecule has 0 radical (unpaired) electrons. The molecule has 0 bridgehead atoms. The van der Waals surface area contributed by atoms with Gasteiger partial charge in [-0.05, 0) is 37.5 Å². The second kappa shape index (κ2) is 5.59. The third kappa shape index (κ3) is 3.46. The van der Waals surface area contributed by atoms with E-state index in [4.69, 9.17) is 10.00 Å². The van der Waals surface area contributed by atoms with Gasteiger partial charge in [0.1, 0.15) is 11.8 Å². The number of ether oxygens (including phenoxy) is 1. The molecule has 5 nitrogen and oxygen atoms in total. The highest BCUT2D eigenvalue weighted by atomic mass is 32.2. The van der Waals surface area contributed by atoms with Crippen LogP contribution < -0.4 is 9.46 Å². The molecule has 1 aliphatic carbocycles. The Bertz CT molecular complexity index is 601. The molecular formula is C13H16N2O3S. The Morgan fingerprint density at radius 3 is 2.79 bits per heavy atom. The van der Waals surface area contributed by atoms with E-state index in [1.807, 2.05) is 13.0 Å². The fraction of sp³-hybridized carbons (Fsp3) is 0.462. The third-order valence-corrected chi connectivity index (χ3v) is 4.26. The van der Waals surface area contributed by atoms with E-state index >= 15 is 0 Å². The molecule has 1 aliphatic rings. The zero-order chi connectivity index (χ0) is 13.9. The Morgan fingerprint density at radius 1 is 1.47 bits per heavy atom. The summed E-state index contributed by atoms with van der Waals surface area (Å²) in [6, 6.07) is 6.38. The lowest BCUT2D eigenvalue weighted by Gasteiger charge is -2.09. The van der Waals surface area contributed by atoms with Crippen LogP contribution in [-0.2, 0) is 10.0 Å². The lowest BCUT2D eigenvalue weighted by molar-refractivity contribution is 0.316. The number of sulfonamides is 1. The summed E-state index contributed by atoms with van der Waals surface area (Å²) in [5.74, 6) is 0.426. The van der Waals surface area contributed by atoms with Crippen LogP contribution in [0.3, 0.4) is 0 Å². The van der Waals surface area contributed by atoms with Gasteiger partial charge >= 0.3 is 0 Å². The molecule has 19 heavy (non-hydrogen) atoms. The largest absolute Gasteiger partial charge is 0.492 e. The Kier molecular flexibility index (Phi) is 4.08. The van der Waals surface area contributed by atoms with Gasteiger partial charge < -0.3 is 4.74 Å². The molecule has 1 aromatic rings. The Morgan fingerprint density at radius 2 is 2.21 bits per heavy atom. The van der Waals surface area contributed by atoms with Crippen LogP contribution in [0.5, 0.6) is 5.75 Å². The zero-order valence-corrected chi connectivity index (χ0v) is 11.5. The minimum atomic E-state index is -3.52. The Labute approximate surface area is 113 Å². The maximum absolute atomic E-state index is 12.0. The van der Waals surface area contributed by atoms with E-state index in [1.54, 1.807) is 0 Å². The van der Waals surface area contributed by atoms with E-state index in [2.05, 4.69) is 4.72 Å². The predicted octanol–water partition coefficient (Wildman–Crippen LogP) is 1.79. The number of hydrogen-bond donors (Lipinski definition) is 1. The van der Waals surface area contributed by atoms with Crippen LogP contribution >= 0.6 is 0 Å². The molecule has 1 saturated carbocycles. The Hall–Kier alpha value is -1.58. The summed E-state index contributed by atoms with van der Waals surface area (Å²) in [5, 5.41) is 9.06. The molecule has 0 amide bonds. The van der Waals surface area contributed by atoms with E-state index in [9.17, 15) is 8.42 Å². The number of hydrogen-bond acceptors (Lipinski definition) is 4. The molecule has 0 atom stereocenters. The molecule has 6 heteroatoms. The highest BCUT2D eigenvalue weighted by Crippen LogP contribution is 2.25. The van der Waals surface area contributed by atoms with E-state index in [-0.39, 0.29) is 16.5 Å². The van der Waals surface area contributed by atoms with Gasteiger partial charge in [0.05, 0.1) is 17.1 Å². The number of benzene rings is 1. The second-order valence-electron chi connectivity index (χ2n) is 4.51. The molecule has 0 unspecified atom stereocenters. The Balaban J connectivity index is 2.25. The van der Waals surface area contributed by atoms with Gasteiger partial charge in [-0.1, -0.05) is 6.92 Å². The maximum Gasteiger partial charge on any atom is 0.240 e. The fourth-order valence-electron chi connectivity index (χ4n) is 1.59. The smallest absolute Gasteiger partial charge is 0.240 e. The van der Waals surface area contributed by atoms with Gasteiger partial charge in [-0.15, -0.1) is 0 Å². The van der Waals surface area contributed by atoms with Gasteiger partial charge in [-0.2, -0.15) is 5.26 Å². The second-order valence-corrected chi connectivity index (χ2v) is 6.23. The highest BCUT2D eigenvalue weighted by molar-refractivity contribution is 7.89. The molecule has 0 spiro atoms. The van der Waals surface area contributed by atoms with E-state index < -0.39 is 10.0 Å². The summed E-state index contributed by atoms with van der Waals surface area (Å²) in [5.41, 5.74) is 0.243. The molecule has 2 rings (SSSR count). The van der Waals surface area contributed by atoms with E-state index in [0.29, 0.717) is 12.4 Å². The van der Waals surface area contributed by atoms with Crippen molar-refractivity contribution in [1.82, 2.24) is 4.72 Å². The van der Waals surface area contributed by atoms with Crippen LogP contribution in [0.1, 0.15) is 31.7 Å². The van der Waals surface area contributed by atoms with Crippen molar-refractivity contribution in [2.75, 3.05) is 6.61 Å². The van der Waals surface area contributed by atoms with Crippen molar-refractivity contribution >= 4 is 10.0 Å². The van der Waals surface area contributed by atoms with Crippen molar-refractivity contribution in [3.05, 3.63) is 23.8 Å². The van der Waals surface area contributed by atoms with Gasteiger partial charge in [-0.25, -0.2) is 13.1 Å². The molecule has 1 fully saturated rings. The van der Waals surface area contributed by atoms with Crippen molar-refractivity contribution in [3.8, 4) is 11.8 Å². The average molecular weight is 280 g/mol. The molecule has 0 saturated heterocycles. The summed E-state index contributed by atoms with van der Waals surface area (Å²) in [4.78, 5) is 0.111. The zero-order valence-electron chi connectivity index (χ0n) is 10.7. The quantitative estimate of drug-likeness (QED) is 0.861. The topological polar surface area (TPSA) is 79.2 Å². The van der Waals surface area contributed by atoms with Crippen LogP contribution in [0.15, 0.2) is 23.1 Å². The monoisotopic (exact) mass is 280 g/mol. The number of rotatable bonds is 6. The van der Waals surface area contributed by atoms with Crippen molar-refractivity contribution in [1.29, 1.82) is 5.26 Å². The lowest BCUT2D eigenvalue weighted by atomic mass is 10.2. The number of nitriles is 1. The minimum Gasteiger partial charge on any atom is -0.492 e. The van der Waals surface area contributed by atoms with Crippen molar-refractivity contribution in [2.45, 2.75) is 37.1 Å². The van der Waals surface area contributed by atoms with Crippen LogP contribution in [-0.4, -0.2) is 21.1 Å². The molecular weight excluding hydrogens is 264 g/mol. The molecule has 0 aliphatic heterocycles. The van der Waals surface area contributed by atoms with Crippen molar-refractivity contribution < 1.29 is 13.2 Å². The third-order valence-electron chi connectivity index (χ3n) is 2.74. The van der Waals surface area contributed by atoms with Crippen LogP contribution in [0.25, 0.3) is 0 Å². The number of nitrogens with one attached hydrogen (secondary N) is 1. The summed E-state index contributed by atoms with van der Waals surface area (Å²) in [6.07, 6.45) is 2.58. The van der Waals surface area contributed by atoms with Crippen molar-refractivity contribution in [3.63, 3.8) is 0 Å². The van der Waals surface area contributed by atoms with E-state index in [1.165, 1.54) is 18.2 Å². The molecule has 0 heterocycles. The molecule has 102 valence electrons. The molecule has 1 aromatic carbocycles.